The first-order chi connectivity index (χ1) is 13.8. The lowest BCUT2D eigenvalue weighted by atomic mass is 10.1. The molecule has 0 fully saturated rings. The van der Waals surface area contributed by atoms with Crippen LogP contribution in [-0.4, -0.2) is 34.9 Å². The molecule has 0 heterocycles. The van der Waals surface area contributed by atoms with Crippen LogP contribution in [0, 0.1) is 0 Å². The molecule has 0 radical (unpaired) electrons. The summed E-state index contributed by atoms with van der Waals surface area (Å²) in [5.74, 6) is -2.63. The van der Waals surface area contributed by atoms with Crippen molar-refractivity contribution in [3.8, 4) is 5.75 Å². The number of amides is 2. The number of hydrogen-bond donors (Lipinski definition) is 3. The van der Waals surface area contributed by atoms with Gasteiger partial charge in [0.15, 0.2) is 0 Å². The molecule has 0 aromatic heterocycles. The highest BCUT2D eigenvalue weighted by molar-refractivity contribution is 6.06. The highest BCUT2D eigenvalue weighted by atomic mass is 16.5. The Morgan fingerprint density at radius 3 is 2.17 bits per heavy atom. The highest BCUT2D eigenvalue weighted by Gasteiger charge is 2.19. The monoisotopic (exact) mass is 396 g/mol. The Bertz CT molecular complexity index is 935. The zero-order valence-corrected chi connectivity index (χ0v) is 15.8. The molecule has 150 valence electrons. The van der Waals surface area contributed by atoms with E-state index in [4.69, 9.17) is 9.84 Å². The molecule has 0 unspecified atom stereocenters. The fourth-order valence-corrected chi connectivity index (χ4v) is 2.24. The van der Waals surface area contributed by atoms with Gasteiger partial charge in [0, 0.05) is 12.5 Å². The quantitative estimate of drug-likeness (QED) is 0.374. The van der Waals surface area contributed by atoms with Crippen LogP contribution in [0.4, 0.5) is 0 Å². The Labute approximate surface area is 167 Å². The minimum atomic E-state index is -1.21. The molecular formula is C21H20N2O6. The number of carbonyl (C=O) groups excluding carboxylic acids is 3. The second kappa shape index (κ2) is 9.84. The van der Waals surface area contributed by atoms with Crippen LogP contribution in [0.5, 0.6) is 5.75 Å². The first-order valence-corrected chi connectivity index (χ1v) is 8.66. The van der Waals surface area contributed by atoms with Gasteiger partial charge < -0.3 is 20.5 Å². The van der Waals surface area contributed by atoms with Crippen LogP contribution < -0.4 is 15.4 Å². The van der Waals surface area contributed by atoms with E-state index >= 15 is 0 Å². The summed E-state index contributed by atoms with van der Waals surface area (Å²) in [6.07, 6.45) is 1.39. The van der Waals surface area contributed by atoms with Crippen molar-refractivity contribution in [1.29, 1.82) is 0 Å². The van der Waals surface area contributed by atoms with Crippen molar-refractivity contribution >= 4 is 29.8 Å². The maximum Gasteiger partial charge on any atom is 0.325 e. The third-order valence-corrected chi connectivity index (χ3v) is 3.70. The van der Waals surface area contributed by atoms with Crippen LogP contribution in [0.15, 0.2) is 60.3 Å². The topological polar surface area (TPSA) is 122 Å². The first kappa shape index (κ1) is 21.4. The molecule has 2 aromatic rings. The van der Waals surface area contributed by atoms with E-state index in [1.54, 1.807) is 42.5 Å². The van der Waals surface area contributed by atoms with Gasteiger partial charge in [-0.15, -0.1) is 0 Å². The maximum absolute atomic E-state index is 12.5. The zero-order valence-electron chi connectivity index (χ0n) is 15.8. The molecule has 2 aromatic carbocycles. The number of carboxylic acids is 1. The van der Waals surface area contributed by atoms with E-state index in [0.717, 1.165) is 0 Å². The summed E-state index contributed by atoms with van der Waals surface area (Å²) in [4.78, 5) is 47.0. The van der Waals surface area contributed by atoms with Gasteiger partial charge in [-0.3, -0.25) is 19.2 Å². The minimum absolute atomic E-state index is 0.132. The van der Waals surface area contributed by atoms with E-state index in [1.807, 2.05) is 0 Å². The molecule has 0 saturated carbocycles. The lowest BCUT2D eigenvalue weighted by Crippen LogP contribution is -2.42. The van der Waals surface area contributed by atoms with Gasteiger partial charge in [-0.05, 0) is 42.8 Å². The smallest absolute Gasteiger partial charge is 0.325 e. The Balaban J connectivity index is 2.28. The number of nitrogens with one attached hydrogen (secondary N) is 2. The maximum atomic E-state index is 12.5. The standard InChI is InChI=1S/C21H20N2O6/c1-13(21(27)28)22-20(26)18(23-19(25)16-6-4-3-5-7-16)12-15-8-10-17(11-9-15)29-14(2)24/h3-13H,1-2H3,(H,22,26)(H,23,25)(H,27,28)/b18-12+/t13-/m0/s1. The van der Waals surface area contributed by atoms with Gasteiger partial charge in [-0.2, -0.15) is 0 Å². The fourth-order valence-electron chi connectivity index (χ4n) is 2.24. The minimum Gasteiger partial charge on any atom is -0.480 e. The molecule has 29 heavy (non-hydrogen) atoms. The molecule has 2 amide bonds. The van der Waals surface area contributed by atoms with Crippen molar-refractivity contribution in [1.82, 2.24) is 10.6 Å². The number of esters is 1. The van der Waals surface area contributed by atoms with E-state index in [9.17, 15) is 19.2 Å². The summed E-state index contributed by atoms with van der Waals surface area (Å²) in [6, 6.07) is 13.4. The summed E-state index contributed by atoms with van der Waals surface area (Å²) in [6.45, 7) is 2.59. The van der Waals surface area contributed by atoms with Crippen molar-refractivity contribution in [2.45, 2.75) is 19.9 Å². The van der Waals surface area contributed by atoms with Gasteiger partial charge in [0.2, 0.25) is 0 Å². The zero-order chi connectivity index (χ0) is 21.4. The summed E-state index contributed by atoms with van der Waals surface area (Å²) in [5.41, 5.74) is 0.734. The molecule has 0 saturated heterocycles. The van der Waals surface area contributed by atoms with Gasteiger partial charge >= 0.3 is 11.9 Å². The van der Waals surface area contributed by atoms with Gasteiger partial charge in [-0.25, -0.2) is 0 Å². The Morgan fingerprint density at radius 2 is 1.62 bits per heavy atom. The lowest BCUT2D eigenvalue weighted by molar-refractivity contribution is -0.140. The molecule has 0 bridgehead atoms. The van der Waals surface area contributed by atoms with E-state index in [-0.39, 0.29) is 5.70 Å². The molecule has 8 nitrogen and oxygen atoms in total. The van der Waals surface area contributed by atoms with Gasteiger partial charge in [-0.1, -0.05) is 30.3 Å². The number of rotatable bonds is 7. The van der Waals surface area contributed by atoms with E-state index in [2.05, 4.69) is 10.6 Å². The molecule has 8 heteroatoms. The summed E-state index contributed by atoms with van der Waals surface area (Å²) >= 11 is 0. The van der Waals surface area contributed by atoms with Crippen molar-refractivity contribution < 1.29 is 29.0 Å². The number of carbonyl (C=O) groups is 4. The Morgan fingerprint density at radius 1 is 1.00 bits per heavy atom. The molecule has 0 aliphatic carbocycles. The van der Waals surface area contributed by atoms with Crippen LogP contribution in [-0.2, 0) is 14.4 Å². The van der Waals surface area contributed by atoms with Crippen molar-refractivity contribution in [3.05, 3.63) is 71.4 Å². The molecular weight excluding hydrogens is 376 g/mol. The highest BCUT2D eigenvalue weighted by Crippen LogP contribution is 2.15. The average Bonchev–Trinajstić information content (AvgIpc) is 2.68. The number of carboxylic acid groups (broad SMARTS) is 1. The molecule has 1 atom stereocenters. The Kier molecular flexibility index (Phi) is 7.25. The number of aliphatic carboxylic acids is 1. The van der Waals surface area contributed by atoms with Gasteiger partial charge in [0.25, 0.3) is 11.8 Å². The molecule has 2 rings (SSSR count). The number of ether oxygens (including phenoxy) is 1. The van der Waals surface area contributed by atoms with Crippen LogP contribution in [0.25, 0.3) is 6.08 Å². The van der Waals surface area contributed by atoms with Crippen molar-refractivity contribution in [3.63, 3.8) is 0 Å². The Hall–Kier alpha value is -3.94. The largest absolute Gasteiger partial charge is 0.480 e. The third kappa shape index (κ3) is 6.62. The normalized spacial score (nSPS) is 11.9. The summed E-state index contributed by atoms with van der Waals surface area (Å²) in [5, 5.41) is 13.8. The lowest BCUT2D eigenvalue weighted by Gasteiger charge is -2.13. The van der Waals surface area contributed by atoms with Crippen molar-refractivity contribution in [2.24, 2.45) is 0 Å². The van der Waals surface area contributed by atoms with E-state index in [0.29, 0.717) is 16.9 Å². The number of benzene rings is 2. The van der Waals surface area contributed by atoms with Crippen LogP contribution in [0.2, 0.25) is 0 Å². The SMILES string of the molecule is CC(=O)Oc1ccc(/C=C(/NC(=O)c2ccccc2)C(=O)N[C@@H](C)C(=O)O)cc1. The van der Waals surface area contributed by atoms with Crippen LogP contribution >= 0.6 is 0 Å². The number of hydrogen-bond acceptors (Lipinski definition) is 5. The summed E-state index contributed by atoms with van der Waals surface area (Å²) < 4.78 is 4.95. The van der Waals surface area contributed by atoms with Crippen LogP contribution in [0.3, 0.4) is 0 Å². The summed E-state index contributed by atoms with van der Waals surface area (Å²) in [7, 11) is 0. The van der Waals surface area contributed by atoms with Crippen LogP contribution in [0.1, 0.15) is 29.8 Å². The fraction of sp³-hybridized carbons (Fsp3) is 0.143. The van der Waals surface area contributed by atoms with E-state index in [1.165, 1.54) is 32.1 Å². The second-order valence-electron chi connectivity index (χ2n) is 6.07. The predicted molar refractivity (Wildman–Crippen MR) is 105 cm³/mol. The second-order valence-corrected chi connectivity index (χ2v) is 6.07. The van der Waals surface area contributed by atoms with Crippen molar-refractivity contribution in [2.75, 3.05) is 0 Å². The predicted octanol–water partition coefficient (Wildman–Crippen LogP) is 1.97. The molecule has 0 aliphatic heterocycles. The average molecular weight is 396 g/mol. The molecule has 0 spiro atoms. The molecule has 0 aliphatic rings. The molecule has 3 N–H and O–H groups in total. The van der Waals surface area contributed by atoms with Gasteiger partial charge in [0.1, 0.15) is 17.5 Å². The third-order valence-electron chi connectivity index (χ3n) is 3.70. The first-order valence-electron chi connectivity index (χ1n) is 8.66. The van der Waals surface area contributed by atoms with E-state index < -0.39 is 29.8 Å². The van der Waals surface area contributed by atoms with Gasteiger partial charge in [0.05, 0.1) is 0 Å².